The van der Waals surface area contributed by atoms with E-state index >= 15 is 0 Å². The van der Waals surface area contributed by atoms with Gasteiger partial charge >= 0.3 is 0 Å². The zero-order valence-corrected chi connectivity index (χ0v) is 12.3. The van der Waals surface area contributed by atoms with Crippen LogP contribution >= 0.6 is 15.9 Å². The summed E-state index contributed by atoms with van der Waals surface area (Å²) in [5.74, 6) is 1.77. The fourth-order valence-corrected chi connectivity index (χ4v) is 2.64. The molecule has 4 heteroatoms. The summed E-state index contributed by atoms with van der Waals surface area (Å²) in [5, 5.41) is 9.12. The average Bonchev–Trinajstić information content (AvgIpc) is 2.27. The smallest absolute Gasteiger partial charge is 0.175 e. The molecule has 0 aliphatic rings. The molecule has 1 aromatic rings. The first kappa shape index (κ1) is 14.3. The molecule has 0 bridgehead atoms. The Labute approximate surface area is 111 Å². The highest BCUT2D eigenvalue weighted by molar-refractivity contribution is 9.10. The number of hydrogen-bond donors (Lipinski definition) is 1. The Morgan fingerprint density at radius 3 is 2.24 bits per heavy atom. The minimum absolute atomic E-state index is 0.127. The van der Waals surface area contributed by atoms with Crippen LogP contribution in [-0.2, 0) is 6.42 Å². The van der Waals surface area contributed by atoms with Crippen molar-refractivity contribution >= 4 is 15.9 Å². The lowest BCUT2D eigenvalue weighted by atomic mass is 9.94. The molecule has 17 heavy (non-hydrogen) atoms. The summed E-state index contributed by atoms with van der Waals surface area (Å²) in [6.07, 6.45) is 0.618. The van der Waals surface area contributed by atoms with E-state index < -0.39 is 0 Å². The fourth-order valence-electron chi connectivity index (χ4n) is 2.03. The monoisotopic (exact) mass is 302 g/mol. The van der Waals surface area contributed by atoms with Crippen LogP contribution in [-0.4, -0.2) is 25.9 Å². The topological polar surface area (TPSA) is 38.7 Å². The van der Waals surface area contributed by atoms with Crippen LogP contribution < -0.4 is 9.47 Å². The highest BCUT2D eigenvalue weighted by Gasteiger charge is 2.20. The van der Waals surface area contributed by atoms with Gasteiger partial charge in [0.25, 0.3) is 0 Å². The minimum atomic E-state index is 0.127. The van der Waals surface area contributed by atoms with Crippen LogP contribution in [0.3, 0.4) is 0 Å². The van der Waals surface area contributed by atoms with E-state index in [2.05, 4.69) is 29.8 Å². The molecule has 0 amide bonds. The summed E-state index contributed by atoms with van der Waals surface area (Å²) >= 11 is 3.47. The van der Waals surface area contributed by atoms with E-state index in [1.165, 1.54) is 0 Å². The lowest BCUT2D eigenvalue weighted by molar-refractivity contribution is 0.298. The zero-order chi connectivity index (χ0) is 13.0. The minimum Gasteiger partial charge on any atom is -0.493 e. The molecule has 0 aliphatic carbocycles. The molecule has 3 nitrogen and oxygen atoms in total. The van der Waals surface area contributed by atoms with Crippen LogP contribution in [0.15, 0.2) is 10.5 Å². The van der Waals surface area contributed by atoms with Crippen molar-refractivity contribution in [2.45, 2.75) is 26.2 Å². The van der Waals surface area contributed by atoms with Gasteiger partial charge in [-0.15, -0.1) is 0 Å². The average molecular weight is 303 g/mol. The quantitative estimate of drug-likeness (QED) is 0.908. The molecule has 0 atom stereocenters. The summed E-state index contributed by atoms with van der Waals surface area (Å²) < 4.78 is 11.7. The molecule has 0 aromatic heterocycles. The second-order valence-corrected chi connectivity index (χ2v) is 4.98. The Morgan fingerprint density at radius 1 is 1.24 bits per heavy atom. The summed E-state index contributed by atoms with van der Waals surface area (Å²) in [7, 11) is 3.26. The van der Waals surface area contributed by atoms with Gasteiger partial charge in [-0.1, -0.05) is 13.8 Å². The number of benzene rings is 1. The molecular weight excluding hydrogens is 284 g/mol. The first-order chi connectivity index (χ1) is 8.06. The molecule has 0 saturated heterocycles. The number of aliphatic hydroxyl groups is 1. The third-order valence-electron chi connectivity index (χ3n) is 2.68. The fraction of sp³-hybridized carbons (Fsp3) is 0.538. The van der Waals surface area contributed by atoms with Crippen LogP contribution in [0, 0.1) is 0 Å². The highest BCUT2D eigenvalue weighted by atomic mass is 79.9. The lowest BCUT2D eigenvalue weighted by Gasteiger charge is -2.20. The Kier molecular flexibility index (Phi) is 5.28. The maximum Gasteiger partial charge on any atom is 0.175 e. The number of methoxy groups -OCH3 is 2. The first-order valence-corrected chi connectivity index (χ1v) is 6.40. The lowest BCUT2D eigenvalue weighted by Crippen LogP contribution is -2.05. The van der Waals surface area contributed by atoms with Gasteiger partial charge in [0.2, 0.25) is 0 Å². The largest absolute Gasteiger partial charge is 0.493 e. The second-order valence-electron chi connectivity index (χ2n) is 4.13. The molecular formula is C13H19BrO3. The van der Waals surface area contributed by atoms with Crippen LogP contribution in [0.25, 0.3) is 0 Å². The summed E-state index contributed by atoms with van der Waals surface area (Å²) in [6, 6.07) is 1.99. The van der Waals surface area contributed by atoms with Crippen LogP contribution in [0.2, 0.25) is 0 Å². The van der Waals surface area contributed by atoms with Crippen LogP contribution in [0.4, 0.5) is 0 Å². The molecule has 0 heterocycles. The Hall–Kier alpha value is -0.740. The van der Waals surface area contributed by atoms with Gasteiger partial charge in [0.1, 0.15) is 0 Å². The van der Waals surface area contributed by atoms with E-state index in [0.717, 1.165) is 21.3 Å². The van der Waals surface area contributed by atoms with Crippen molar-refractivity contribution in [1.82, 2.24) is 0 Å². The number of hydrogen-bond acceptors (Lipinski definition) is 3. The van der Waals surface area contributed by atoms with Crippen molar-refractivity contribution in [2.24, 2.45) is 0 Å². The van der Waals surface area contributed by atoms with Crippen molar-refractivity contribution in [3.8, 4) is 11.5 Å². The first-order valence-electron chi connectivity index (χ1n) is 5.60. The standard InChI is InChI=1S/C13H19BrO3/c1-8(2)11-9(5-6-15)7-10(14)12(16-3)13(11)17-4/h7-8,15H,5-6H2,1-4H3. The van der Waals surface area contributed by atoms with Crippen molar-refractivity contribution in [2.75, 3.05) is 20.8 Å². The second kappa shape index (κ2) is 6.26. The van der Waals surface area contributed by atoms with E-state index in [-0.39, 0.29) is 6.61 Å². The number of ether oxygens (including phenoxy) is 2. The van der Waals surface area contributed by atoms with E-state index in [1.807, 2.05) is 6.07 Å². The van der Waals surface area contributed by atoms with Gasteiger partial charge in [-0.05, 0) is 39.9 Å². The van der Waals surface area contributed by atoms with Gasteiger partial charge in [0, 0.05) is 12.2 Å². The van der Waals surface area contributed by atoms with Crippen molar-refractivity contribution < 1.29 is 14.6 Å². The highest BCUT2D eigenvalue weighted by Crippen LogP contribution is 2.43. The Bertz CT molecular complexity index is 389. The van der Waals surface area contributed by atoms with Crippen LogP contribution in [0.1, 0.15) is 30.9 Å². The number of aliphatic hydroxyl groups excluding tert-OH is 1. The van der Waals surface area contributed by atoms with Gasteiger partial charge in [-0.25, -0.2) is 0 Å². The molecule has 0 fully saturated rings. The summed E-state index contributed by atoms with van der Waals surface area (Å²) in [6.45, 7) is 4.33. The third-order valence-corrected chi connectivity index (χ3v) is 3.27. The normalized spacial score (nSPS) is 10.8. The molecule has 1 rings (SSSR count). The van der Waals surface area contributed by atoms with Crippen molar-refractivity contribution in [1.29, 1.82) is 0 Å². The molecule has 0 spiro atoms. The number of rotatable bonds is 5. The predicted octanol–water partition coefficient (Wildman–Crippen LogP) is 3.12. The van der Waals surface area contributed by atoms with E-state index in [4.69, 9.17) is 14.6 Å². The van der Waals surface area contributed by atoms with E-state index in [1.54, 1.807) is 14.2 Å². The van der Waals surface area contributed by atoms with Gasteiger partial charge in [-0.2, -0.15) is 0 Å². The molecule has 96 valence electrons. The summed E-state index contributed by atoms with van der Waals surface area (Å²) in [5.41, 5.74) is 2.19. The summed E-state index contributed by atoms with van der Waals surface area (Å²) in [4.78, 5) is 0. The molecule has 0 unspecified atom stereocenters. The molecule has 0 aliphatic heterocycles. The Morgan fingerprint density at radius 2 is 1.82 bits per heavy atom. The van der Waals surface area contributed by atoms with E-state index in [0.29, 0.717) is 18.1 Å². The van der Waals surface area contributed by atoms with E-state index in [9.17, 15) is 0 Å². The van der Waals surface area contributed by atoms with Gasteiger partial charge < -0.3 is 14.6 Å². The molecule has 1 aromatic carbocycles. The van der Waals surface area contributed by atoms with Crippen molar-refractivity contribution in [3.63, 3.8) is 0 Å². The van der Waals surface area contributed by atoms with Gasteiger partial charge in [0.15, 0.2) is 11.5 Å². The van der Waals surface area contributed by atoms with Crippen molar-refractivity contribution in [3.05, 3.63) is 21.7 Å². The van der Waals surface area contributed by atoms with Gasteiger partial charge in [-0.3, -0.25) is 0 Å². The number of halogens is 1. The SMILES string of the molecule is COc1c(Br)cc(CCO)c(C(C)C)c1OC. The maximum atomic E-state index is 9.12. The predicted molar refractivity (Wildman–Crippen MR) is 72.1 cm³/mol. The maximum absolute atomic E-state index is 9.12. The molecule has 0 saturated carbocycles. The van der Waals surface area contributed by atoms with Crippen LogP contribution in [0.5, 0.6) is 11.5 Å². The Balaban J connectivity index is 3.47. The molecule has 0 radical (unpaired) electrons. The van der Waals surface area contributed by atoms with Gasteiger partial charge in [0.05, 0.1) is 18.7 Å². The molecule has 1 N–H and O–H groups in total. The third kappa shape index (κ3) is 2.93. The zero-order valence-electron chi connectivity index (χ0n) is 10.7.